The van der Waals surface area contributed by atoms with E-state index in [1.807, 2.05) is 0 Å². The molecule has 0 radical (unpaired) electrons. The molecule has 11 heteroatoms. The third-order valence-corrected chi connectivity index (χ3v) is 6.13. The number of nitrogens with one attached hydrogen (secondary N) is 2. The molecule has 8 nitrogen and oxygen atoms in total. The molecule has 0 spiro atoms. The van der Waals surface area contributed by atoms with Crippen molar-refractivity contribution in [2.75, 3.05) is 28.9 Å². The van der Waals surface area contributed by atoms with Gasteiger partial charge in [0.25, 0.3) is 5.91 Å². The van der Waals surface area contributed by atoms with Gasteiger partial charge in [0, 0.05) is 29.9 Å². The number of hydrogen-bond donors (Lipinski definition) is 2. The van der Waals surface area contributed by atoms with E-state index in [1.54, 1.807) is 12.1 Å². The third kappa shape index (κ3) is 4.67. The molecule has 2 aliphatic rings. The van der Waals surface area contributed by atoms with E-state index in [1.165, 1.54) is 35.2 Å². The van der Waals surface area contributed by atoms with E-state index >= 15 is 0 Å². The fraction of sp³-hybridized carbons (Fsp3) is 0.160. The lowest BCUT2D eigenvalue weighted by molar-refractivity contribution is -0.122. The van der Waals surface area contributed by atoms with Crippen molar-refractivity contribution < 1.29 is 32.6 Å². The van der Waals surface area contributed by atoms with Crippen LogP contribution in [0.25, 0.3) is 0 Å². The average molecular weight is 514 g/mol. The van der Waals surface area contributed by atoms with Crippen LogP contribution in [0.2, 0.25) is 5.02 Å². The summed E-state index contributed by atoms with van der Waals surface area (Å²) in [5.41, 5.74) is 0.663. The smallest absolute Gasteiger partial charge is 0.255 e. The molecule has 0 bridgehead atoms. The van der Waals surface area contributed by atoms with Crippen molar-refractivity contribution in [3.05, 3.63) is 76.8 Å². The van der Waals surface area contributed by atoms with Gasteiger partial charge in [-0.3, -0.25) is 14.4 Å². The summed E-state index contributed by atoms with van der Waals surface area (Å²) in [7, 11) is 0. The molecular formula is C25H18ClF2N3O5. The Morgan fingerprint density at radius 1 is 0.944 bits per heavy atom. The van der Waals surface area contributed by atoms with E-state index in [4.69, 9.17) is 21.1 Å². The molecule has 5 rings (SSSR count). The van der Waals surface area contributed by atoms with Gasteiger partial charge in [-0.1, -0.05) is 11.6 Å². The maximum absolute atomic E-state index is 14.4. The Labute approximate surface area is 208 Å². The number of amides is 3. The monoisotopic (exact) mass is 513 g/mol. The first-order valence-electron chi connectivity index (χ1n) is 10.9. The van der Waals surface area contributed by atoms with Crippen molar-refractivity contribution in [3.8, 4) is 11.5 Å². The van der Waals surface area contributed by atoms with E-state index < -0.39 is 29.4 Å². The van der Waals surface area contributed by atoms with Gasteiger partial charge >= 0.3 is 0 Å². The van der Waals surface area contributed by atoms with E-state index in [0.29, 0.717) is 17.1 Å². The zero-order valence-electron chi connectivity index (χ0n) is 18.5. The van der Waals surface area contributed by atoms with Crippen LogP contribution < -0.4 is 25.0 Å². The maximum atomic E-state index is 14.4. The highest BCUT2D eigenvalue weighted by Crippen LogP contribution is 2.33. The molecule has 3 aromatic carbocycles. The van der Waals surface area contributed by atoms with E-state index in [2.05, 4.69) is 10.6 Å². The average Bonchev–Trinajstić information content (AvgIpc) is 3.49. The molecule has 0 saturated carbocycles. The van der Waals surface area contributed by atoms with Crippen LogP contribution in [0.4, 0.5) is 25.8 Å². The van der Waals surface area contributed by atoms with Crippen molar-refractivity contribution in [1.29, 1.82) is 0 Å². The number of fused-ring (bicyclic) bond motifs is 1. The summed E-state index contributed by atoms with van der Waals surface area (Å²) in [6.07, 6.45) is -0.127. The summed E-state index contributed by atoms with van der Waals surface area (Å²) in [5.74, 6) is -2.64. The zero-order valence-corrected chi connectivity index (χ0v) is 19.3. The van der Waals surface area contributed by atoms with Gasteiger partial charge in [0.15, 0.2) is 11.5 Å². The molecule has 1 unspecified atom stereocenters. The standard InChI is InChI=1S/C25H18ClF2N3O5/c26-17-4-3-16(10-19(17)28)31-11-14(8-23(31)32)25(34)30-20-9-15(2-5-18(20)27)29-24(33)13-1-6-21-22(7-13)36-12-35-21/h1-7,9-10,14H,8,11-12H2,(H,29,33)(H,30,34). The summed E-state index contributed by atoms with van der Waals surface area (Å²) >= 11 is 5.69. The second-order valence-corrected chi connectivity index (χ2v) is 8.62. The summed E-state index contributed by atoms with van der Waals surface area (Å²) < 4.78 is 38.7. The van der Waals surface area contributed by atoms with Crippen LogP contribution >= 0.6 is 11.6 Å². The predicted octanol–water partition coefficient (Wildman–Crippen LogP) is 4.59. The molecule has 3 amide bonds. The molecule has 1 fully saturated rings. The van der Waals surface area contributed by atoms with Crippen LogP contribution in [-0.4, -0.2) is 31.1 Å². The van der Waals surface area contributed by atoms with Crippen LogP contribution in [0, 0.1) is 17.6 Å². The number of ether oxygens (including phenoxy) is 2. The van der Waals surface area contributed by atoms with Gasteiger partial charge in [-0.2, -0.15) is 0 Å². The van der Waals surface area contributed by atoms with Gasteiger partial charge in [-0.15, -0.1) is 0 Å². The van der Waals surface area contributed by atoms with Crippen molar-refractivity contribution in [2.45, 2.75) is 6.42 Å². The van der Waals surface area contributed by atoms with Gasteiger partial charge in [-0.05, 0) is 54.6 Å². The van der Waals surface area contributed by atoms with E-state index in [9.17, 15) is 23.2 Å². The maximum Gasteiger partial charge on any atom is 0.255 e. The minimum atomic E-state index is -0.789. The highest BCUT2D eigenvalue weighted by molar-refractivity contribution is 6.30. The summed E-state index contributed by atoms with van der Waals surface area (Å²) in [4.78, 5) is 39.2. The summed E-state index contributed by atoms with van der Waals surface area (Å²) in [6.45, 7) is 0.0657. The number of carbonyl (C=O) groups is 3. The number of nitrogens with zero attached hydrogens (tertiary/aromatic N) is 1. The second kappa shape index (κ2) is 9.46. The van der Waals surface area contributed by atoms with Crippen molar-refractivity contribution in [2.24, 2.45) is 5.92 Å². The van der Waals surface area contributed by atoms with Gasteiger partial charge in [0.2, 0.25) is 18.6 Å². The number of hydrogen-bond acceptors (Lipinski definition) is 5. The number of halogens is 3. The minimum absolute atomic E-state index is 0.00605. The first kappa shape index (κ1) is 23.6. The largest absolute Gasteiger partial charge is 0.454 e. The minimum Gasteiger partial charge on any atom is -0.454 e. The van der Waals surface area contributed by atoms with Gasteiger partial charge in [0.1, 0.15) is 11.6 Å². The molecule has 1 saturated heterocycles. The fourth-order valence-electron chi connectivity index (χ4n) is 3.96. The van der Waals surface area contributed by atoms with Crippen LogP contribution in [0.1, 0.15) is 16.8 Å². The Morgan fingerprint density at radius 3 is 2.56 bits per heavy atom. The van der Waals surface area contributed by atoms with Crippen molar-refractivity contribution in [1.82, 2.24) is 0 Å². The van der Waals surface area contributed by atoms with Crippen LogP contribution in [-0.2, 0) is 9.59 Å². The Hall–Kier alpha value is -4.18. The lowest BCUT2D eigenvalue weighted by Crippen LogP contribution is -2.28. The zero-order chi connectivity index (χ0) is 25.4. The topological polar surface area (TPSA) is 97.0 Å². The van der Waals surface area contributed by atoms with Crippen LogP contribution in [0.5, 0.6) is 11.5 Å². The number of anilines is 3. The molecule has 0 aliphatic carbocycles. The number of rotatable bonds is 5. The Morgan fingerprint density at radius 2 is 1.75 bits per heavy atom. The molecule has 184 valence electrons. The number of carbonyl (C=O) groups excluding carboxylic acids is 3. The first-order valence-corrected chi connectivity index (χ1v) is 11.2. The Bertz CT molecular complexity index is 1400. The lowest BCUT2D eigenvalue weighted by Gasteiger charge is -2.17. The number of benzene rings is 3. The molecule has 36 heavy (non-hydrogen) atoms. The highest BCUT2D eigenvalue weighted by Gasteiger charge is 2.35. The molecule has 1 atom stereocenters. The molecule has 2 N–H and O–H groups in total. The van der Waals surface area contributed by atoms with Gasteiger partial charge in [-0.25, -0.2) is 8.78 Å². The van der Waals surface area contributed by atoms with E-state index in [0.717, 1.165) is 12.1 Å². The molecule has 2 aliphatic heterocycles. The van der Waals surface area contributed by atoms with E-state index in [-0.39, 0.29) is 47.8 Å². The predicted molar refractivity (Wildman–Crippen MR) is 127 cm³/mol. The van der Waals surface area contributed by atoms with Gasteiger partial charge in [0.05, 0.1) is 16.6 Å². The van der Waals surface area contributed by atoms with Gasteiger partial charge < -0.3 is 25.0 Å². The summed E-state index contributed by atoms with van der Waals surface area (Å²) in [5, 5.41) is 5.04. The molecule has 3 aromatic rings. The first-order chi connectivity index (χ1) is 17.3. The normalized spacial score (nSPS) is 16.2. The Kier molecular flexibility index (Phi) is 6.19. The quantitative estimate of drug-likeness (QED) is 0.520. The summed E-state index contributed by atoms with van der Waals surface area (Å²) in [6, 6.07) is 12.4. The van der Waals surface area contributed by atoms with Crippen molar-refractivity contribution >= 4 is 46.4 Å². The van der Waals surface area contributed by atoms with Crippen LogP contribution in [0.15, 0.2) is 54.6 Å². The lowest BCUT2D eigenvalue weighted by atomic mass is 10.1. The highest BCUT2D eigenvalue weighted by atomic mass is 35.5. The molecular weight excluding hydrogens is 496 g/mol. The second-order valence-electron chi connectivity index (χ2n) is 8.21. The molecule has 2 heterocycles. The molecule has 0 aromatic heterocycles. The Balaban J connectivity index is 1.26. The van der Waals surface area contributed by atoms with Crippen molar-refractivity contribution in [3.63, 3.8) is 0 Å². The fourth-order valence-corrected chi connectivity index (χ4v) is 4.08. The van der Waals surface area contributed by atoms with Crippen LogP contribution in [0.3, 0.4) is 0 Å². The third-order valence-electron chi connectivity index (χ3n) is 5.83. The SMILES string of the molecule is O=C(Nc1ccc(F)c(NC(=O)C2CC(=O)N(c3ccc(Cl)c(F)c3)C2)c1)c1ccc2c(c1)OCO2.